The van der Waals surface area contributed by atoms with Crippen molar-refractivity contribution in [2.75, 3.05) is 25.5 Å². The summed E-state index contributed by atoms with van der Waals surface area (Å²) in [5.41, 5.74) is 8.88. The molecular weight excluding hydrogens is 763 g/mol. The summed E-state index contributed by atoms with van der Waals surface area (Å²) in [6, 6.07) is 23.8. The molecule has 0 aliphatic carbocycles. The van der Waals surface area contributed by atoms with E-state index in [1.807, 2.05) is 13.1 Å². The molecule has 13 nitrogen and oxygen atoms in total. The van der Waals surface area contributed by atoms with Gasteiger partial charge in [-0.2, -0.15) is 36.2 Å². The van der Waals surface area contributed by atoms with Crippen molar-refractivity contribution in [1.82, 2.24) is 0 Å². The van der Waals surface area contributed by atoms with Crippen molar-refractivity contribution in [3.63, 3.8) is 0 Å². The topological polar surface area (TPSA) is 200 Å². The molecule has 2 atom stereocenters. The van der Waals surface area contributed by atoms with Gasteiger partial charge in [-0.3, -0.25) is 4.79 Å². The second kappa shape index (κ2) is 17.9. The van der Waals surface area contributed by atoms with Crippen LogP contribution in [0.15, 0.2) is 102 Å². The van der Waals surface area contributed by atoms with Crippen LogP contribution in [0.25, 0.3) is 0 Å². The summed E-state index contributed by atoms with van der Waals surface area (Å²) in [6.45, 7) is 1.79. The molecule has 56 heavy (non-hydrogen) atoms. The molecule has 0 spiro atoms. The number of benzene rings is 4. The number of nitrogens with two attached hydrogens (primary N) is 1. The van der Waals surface area contributed by atoms with E-state index in [9.17, 15) is 40.7 Å². The minimum atomic E-state index is -5.08. The highest BCUT2D eigenvalue weighted by atomic mass is 32.2. The van der Waals surface area contributed by atoms with E-state index >= 15 is 0 Å². The van der Waals surface area contributed by atoms with Crippen LogP contribution in [0, 0.1) is 17.1 Å². The Labute approximate surface area is 319 Å². The van der Waals surface area contributed by atoms with Gasteiger partial charge in [0.2, 0.25) is 0 Å². The van der Waals surface area contributed by atoms with E-state index < -0.39 is 40.2 Å². The number of aliphatic carboxylic acids is 1. The van der Waals surface area contributed by atoms with Crippen LogP contribution < -0.4 is 15.2 Å². The average Bonchev–Trinajstić information content (AvgIpc) is 3.13. The number of likely N-dealkylation sites (tertiary alicyclic amines) is 1. The van der Waals surface area contributed by atoms with Gasteiger partial charge in [0.25, 0.3) is 5.91 Å². The lowest BCUT2D eigenvalue weighted by Crippen LogP contribution is -2.56. The number of carbonyl (C=O) groups is 3. The number of halogens is 4. The summed E-state index contributed by atoms with van der Waals surface area (Å²) in [5, 5.41) is 28.7. The Kier molecular flexibility index (Phi) is 13.5. The van der Waals surface area contributed by atoms with Gasteiger partial charge in [-0.05, 0) is 78.4 Å². The maximum absolute atomic E-state index is 14.1. The number of phenols is 1. The fourth-order valence-corrected chi connectivity index (χ4v) is 6.88. The van der Waals surface area contributed by atoms with Gasteiger partial charge in [0, 0.05) is 24.8 Å². The van der Waals surface area contributed by atoms with Crippen LogP contribution in [0.4, 0.5) is 28.0 Å². The maximum Gasteiger partial charge on any atom is 0.496 e. The number of aromatic hydroxyl groups is 1. The summed E-state index contributed by atoms with van der Waals surface area (Å²) in [7, 11) is -2.14. The number of quaternary nitrogens is 1. The molecule has 1 heterocycles. The standard InChI is InChI=1S/C36H34FN5O6S.C2HF3O2/c1-42(23-27-4-10-28(37)11-5-27)20-2-3-30(24-42)41(34(35(39)44)21-25-6-14-31(43)15-7-25)36(45)40-29-12-16-32(17-13-29)48-49(46,47)33-18-8-26(22-38)9-19-33;3-2(4,5)1(6)7/h4-19,34H,2-3,20-21,23-24H2,1H3,(H2-2,39,40,43,44,45);(H,6,7)/p+2/b41-30+;/t34-,42?;/m0./s1. The van der Waals surface area contributed by atoms with Crippen LogP contribution >= 0.6 is 0 Å². The van der Waals surface area contributed by atoms with E-state index in [1.54, 1.807) is 24.3 Å². The van der Waals surface area contributed by atoms with Gasteiger partial charge in [-0.25, -0.2) is 14.5 Å². The second-order valence-electron chi connectivity index (χ2n) is 13.0. The molecule has 1 unspecified atom stereocenters. The number of nitriles is 1. The Balaban J connectivity index is 0.000000908. The summed E-state index contributed by atoms with van der Waals surface area (Å²) in [4.78, 5) is 35.9. The van der Waals surface area contributed by atoms with Crippen molar-refractivity contribution in [1.29, 1.82) is 5.26 Å². The molecule has 0 saturated carbocycles. The van der Waals surface area contributed by atoms with E-state index in [1.165, 1.54) is 77.4 Å². The van der Waals surface area contributed by atoms with Crippen molar-refractivity contribution in [2.24, 2.45) is 5.73 Å². The Hall–Kier alpha value is -6.32. The lowest BCUT2D eigenvalue weighted by Gasteiger charge is -2.38. The zero-order valence-corrected chi connectivity index (χ0v) is 30.6. The number of phenolic OH excluding ortho intramolecular Hbond substituents is 1. The Morgan fingerprint density at radius 3 is 2.07 bits per heavy atom. The highest BCUT2D eigenvalue weighted by molar-refractivity contribution is 7.87. The van der Waals surface area contributed by atoms with Gasteiger partial charge in [-0.15, -0.1) is 0 Å². The van der Waals surface area contributed by atoms with E-state index in [-0.39, 0.29) is 28.6 Å². The average molecular weight is 800 g/mol. The fraction of sp³-hybridized carbons (Fsp3) is 0.237. The number of carboxylic acids is 1. The number of nitrogens with one attached hydrogen (secondary N) is 1. The largest absolute Gasteiger partial charge is 0.508 e. The number of alkyl halides is 3. The molecule has 0 bridgehead atoms. The first-order valence-electron chi connectivity index (χ1n) is 16.7. The first-order chi connectivity index (χ1) is 26.3. The molecule has 4 aromatic rings. The van der Waals surface area contributed by atoms with Gasteiger partial charge in [0.1, 0.15) is 46.7 Å². The van der Waals surface area contributed by atoms with Crippen LogP contribution in [-0.4, -0.2) is 83.7 Å². The van der Waals surface area contributed by atoms with Crippen LogP contribution in [0.1, 0.15) is 29.5 Å². The molecule has 0 radical (unpaired) electrons. The smallest absolute Gasteiger partial charge is 0.496 e. The van der Waals surface area contributed by atoms with Crippen LogP contribution in [0.5, 0.6) is 11.5 Å². The zero-order valence-electron chi connectivity index (χ0n) is 29.7. The van der Waals surface area contributed by atoms with Crippen LogP contribution in [0.2, 0.25) is 0 Å². The van der Waals surface area contributed by atoms with Crippen LogP contribution in [0.3, 0.4) is 0 Å². The van der Waals surface area contributed by atoms with Crippen molar-refractivity contribution in [2.45, 2.75) is 42.9 Å². The minimum absolute atomic E-state index is 0.00271. The molecule has 1 aliphatic heterocycles. The minimum Gasteiger partial charge on any atom is -0.508 e. The number of anilines is 1. The van der Waals surface area contributed by atoms with Gasteiger partial charge in [0.05, 0.1) is 25.2 Å². The van der Waals surface area contributed by atoms with E-state index in [2.05, 4.69) is 5.32 Å². The highest BCUT2D eigenvalue weighted by Gasteiger charge is 2.40. The number of nitrogens with zero attached hydrogens (tertiary/aromatic N) is 3. The van der Waals surface area contributed by atoms with Crippen LogP contribution in [-0.2, 0) is 32.7 Å². The normalized spacial score (nSPS) is 16.9. The fourth-order valence-electron chi connectivity index (χ4n) is 5.95. The number of hydrogen-bond donors (Lipinski definition) is 4. The molecular formula is C38H37F4N5O8S+2. The Morgan fingerprint density at radius 1 is 0.964 bits per heavy atom. The number of piperidine rings is 1. The molecule has 18 heteroatoms. The maximum atomic E-state index is 14.1. The van der Waals surface area contributed by atoms with E-state index in [4.69, 9.17) is 25.1 Å². The number of primary amides is 1. The predicted molar refractivity (Wildman–Crippen MR) is 193 cm³/mol. The first kappa shape index (κ1) is 42.4. The zero-order chi connectivity index (χ0) is 41.3. The number of rotatable bonds is 10. The van der Waals surface area contributed by atoms with Crippen molar-refractivity contribution in [3.05, 3.63) is 120 Å². The predicted octanol–water partition coefficient (Wildman–Crippen LogP) is 5.33. The quantitative estimate of drug-likeness (QED) is 0.0709. The number of urea groups is 1. The lowest BCUT2D eigenvalue weighted by molar-refractivity contribution is -0.918. The molecule has 5 rings (SSSR count). The summed E-state index contributed by atoms with van der Waals surface area (Å²) >= 11 is 0. The molecule has 1 saturated heterocycles. The third-order valence-electron chi connectivity index (χ3n) is 8.60. The Morgan fingerprint density at radius 2 is 1.54 bits per heavy atom. The molecule has 3 amide bonds. The Bertz CT molecular complexity index is 2230. The third kappa shape index (κ3) is 11.8. The molecule has 1 fully saturated rings. The third-order valence-corrected chi connectivity index (χ3v) is 9.86. The number of amides is 3. The monoisotopic (exact) mass is 799 g/mol. The van der Waals surface area contributed by atoms with E-state index in [0.717, 1.165) is 18.5 Å². The second-order valence-corrected chi connectivity index (χ2v) is 14.6. The molecule has 0 aromatic heterocycles. The van der Waals surface area contributed by atoms with Crippen molar-refractivity contribution < 1.29 is 63.8 Å². The first-order valence-corrected chi connectivity index (χ1v) is 18.1. The molecule has 4 aromatic carbocycles. The van der Waals surface area contributed by atoms with Gasteiger partial charge < -0.3 is 24.6 Å². The molecule has 5 N–H and O–H groups in total. The summed E-state index contributed by atoms with van der Waals surface area (Å²) in [6.07, 6.45) is -3.74. The van der Waals surface area contributed by atoms with Gasteiger partial charge in [-0.1, -0.05) is 24.3 Å². The van der Waals surface area contributed by atoms with Gasteiger partial charge >= 0.3 is 28.3 Å². The molecule has 294 valence electrons. The van der Waals surface area contributed by atoms with E-state index in [0.29, 0.717) is 46.5 Å². The SMILES string of the molecule is C[N+]1(Cc2ccc(F)cc2)CCC/C(=[N+](\C(=O)Nc2ccc(OS(=O)(=O)c3ccc(C#N)cc3)cc2)[C@@H](Cc2ccc(O)cc2)C(N)=O)C1.O=C(O)C(F)(F)F. The highest BCUT2D eigenvalue weighted by Crippen LogP contribution is 2.24. The van der Waals surface area contributed by atoms with Gasteiger partial charge in [0.15, 0.2) is 6.04 Å². The van der Waals surface area contributed by atoms with Crippen molar-refractivity contribution >= 4 is 39.4 Å². The summed E-state index contributed by atoms with van der Waals surface area (Å²) < 4.78 is 78.0. The lowest BCUT2D eigenvalue weighted by atomic mass is 10.0. The number of hydrogen-bond acceptors (Lipinski definition) is 8. The molecule has 1 aliphatic rings. The van der Waals surface area contributed by atoms with Crippen molar-refractivity contribution in [3.8, 4) is 17.6 Å². The summed E-state index contributed by atoms with van der Waals surface area (Å²) in [5.74, 6) is -3.75. The number of carboxylic acid groups (broad SMARTS) is 1. The number of carbonyl (C=O) groups excluding carboxylic acids is 2.